The highest BCUT2D eigenvalue weighted by molar-refractivity contribution is 9.10. The number of Topliss-reactive ketones (excluding diaryl/α,β-unsaturated/α-hetero) is 1. The lowest BCUT2D eigenvalue weighted by molar-refractivity contribution is -0.137. The second-order valence-electron chi connectivity index (χ2n) is 3.91. The SMILES string of the molecule is O=C(Cc1cc(Br)cs1)c1cccc(C(F)(F)F)c1. The number of benzene rings is 1. The number of carbonyl (C=O) groups excluding carboxylic acids is 1. The van der Waals surface area contributed by atoms with Gasteiger partial charge < -0.3 is 0 Å². The summed E-state index contributed by atoms with van der Waals surface area (Å²) in [4.78, 5) is 12.7. The summed E-state index contributed by atoms with van der Waals surface area (Å²) in [6, 6.07) is 6.29. The molecule has 0 saturated heterocycles. The lowest BCUT2D eigenvalue weighted by Crippen LogP contribution is -2.08. The van der Waals surface area contributed by atoms with Gasteiger partial charge in [0.05, 0.1) is 5.56 Å². The van der Waals surface area contributed by atoms with E-state index in [1.165, 1.54) is 23.5 Å². The fourth-order valence-electron chi connectivity index (χ4n) is 1.58. The Bertz CT molecular complexity index is 604. The first-order valence-electron chi connectivity index (χ1n) is 5.29. The van der Waals surface area contributed by atoms with Gasteiger partial charge in [-0.2, -0.15) is 13.2 Å². The zero-order chi connectivity index (χ0) is 14.0. The highest BCUT2D eigenvalue weighted by Crippen LogP contribution is 2.30. The highest BCUT2D eigenvalue weighted by atomic mass is 79.9. The molecule has 6 heteroatoms. The molecule has 0 aliphatic carbocycles. The van der Waals surface area contributed by atoms with Gasteiger partial charge in [0.2, 0.25) is 0 Å². The van der Waals surface area contributed by atoms with Crippen molar-refractivity contribution in [2.75, 3.05) is 0 Å². The van der Waals surface area contributed by atoms with Gasteiger partial charge in [-0.15, -0.1) is 11.3 Å². The smallest absolute Gasteiger partial charge is 0.294 e. The van der Waals surface area contributed by atoms with Crippen LogP contribution in [0.5, 0.6) is 0 Å². The third-order valence-corrected chi connectivity index (χ3v) is 4.17. The molecule has 0 aliphatic rings. The van der Waals surface area contributed by atoms with Gasteiger partial charge in [-0.1, -0.05) is 12.1 Å². The third-order valence-electron chi connectivity index (χ3n) is 2.47. The maximum atomic E-state index is 12.5. The average molecular weight is 349 g/mol. The summed E-state index contributed by atoms with van der Waals surface area (Å²) in [5, 5.41) is 1.83. The molecule has 0 spiro atoms. The zero-order valence-electron chi connectivity index (χ0n) is 9.50. The Morgan fingerprint density at radius 3 is 2.58 bits per heavy atom. The summed E-state index contributed by atoms with van der Waals surface area (Å²) >= 11 is 4.66. The Labute approximate surface area is 120 Å². The van der Waals surface area contributed by atoms with Crippen molar-refractivity contribution in [3.63, 3.8) is 0 Å². The molecule has 0 saturated carbocycles. The highest BCUT2D eigenvalue weighted by Gasteiger charge is 2.30. The molecule has 100 valence electrons. The number of rotatable bonds is 3. The standard InChI is InChI=1S/C13H8BrF3OS/c14-10-5-11(19-7-10)6-12(18)8-2-1-3-9(4-8)13(15,16)17/h1-5,7H,6H2. The summed E-state index contributed by atoms with van der Waals surface area (Å²) < 4.78 is 38.5. The molecule has 0 amide bonds. The minimum atomic E-state index is -4.43. The third kappa shape index (κ3) is 3.67. The molecule has 1 heterocycles. The average Bonchev–Trinajstić information content (AvgIpc) is 2.74. The van der Waals surface area contributed by atoms with Gasteiger partial charge in [0, 0.05) is 26.7 Å². The monoisotopic (exact) mass is 348 g/mol. The second kappa shape index (κ2) is 5.46. The summed E-state index contributed by atoms with van der Waals surface area (Å²) in [6.07, 6.45) is -4.32. The Balaban J connectivity index is 2.20. The van der Waals surface area contributed by atoms with Gasteiger partial charge in [0.25, 0.3) is 0 Å². The van der Waals surface area contributed by atoms with E-state index in [4.69, 9.17) is 0 Å². The maximum Gasteiger partial charge on any atom is 0.416 e. The first kappa shape index (κ1) is 14.3. The first-order valence-corrected chi connectivity index (χ1v) is 6.97. The lowest BCUT2D eigenvalue weighted by Gasteiger charge is -2.07. The van der Waals surface area contributed by atoms with Crippen LogP contribution in [0.15, 0.2) is 40.2 Å². The number of hydrogen-bond acceptors (Lipinski definition) is 2. The van der Waals surface area contributed by atoms with E-state index in [2.05, 4.69) is 15.9 Å². The van der Waals surface area contributed by atoms with Crippen molar-refractivity contribution >= 4 is 33.0 Å². The molecule has 0 bridgehead atoms. The van der Waals surface area contributed by atoms with Gasteiger partial charge >= 0.3 is 6.18 Å². The molecular weight excluding hydrogens is 341 g/mol. The molecule has 0 radical (unpaired) electrons. The van der Waals surface area contributed by atoms with Crippen molar-refractivity contribution < 1.29 is 18.0 Å². The molecule has 1 aromatic carbocycles. The maximum absolute atomic E-state index is 12.5. The molecule has 0 unspecified atom stereocenters. The van der Waals surface area contributed by atoms with Crippen LogP contribution in [0.2, 0.25) is 0 Å². The number of alkyl halides is 3. The molecule has 19 heavy (non-hydrogen) atoms. The molecular formula is C13H8BrF3OS. The van der Waals surface area contributed by atoms with Crippen molar-refractivity contribution in [3.05, 3.63) is 56.2 Å². The van der Waals surface area contributed by atoms with Crippen LogP contribution in [-0.4, -0.2) is 5.78 Å². The van der Waals surface area contributed by atoms with Gasteiger partial charge in [-0.05, 0) is 34.1 Å². The summed E-state index contributed by atoms with van der Waals surface area (Å²) in [5.74, 6) is -0.319. The van der Waals surface area contributed by atoms with Gasteiger partial charge in [0.1, 0.15) is 0 Å². The number of thiophene rings is 1. The van der Waals surface area contributed by atoms with Crippen LogP contribution in [0.1, 0.15) is 20.8 Å². The Morgan fingerprint density at radius 2 is 2.00 bits per heavy atom. The van der Waals surface area contributed by atoms with E-state index in [0.717, 1.165) is 21.5 Å². The van der Waals surface area contributed by atoms with E-state index >= 15 is 0 Å². The normalized spacial score (nSPS) is 11.6. The Hall–Kier alpha value is -1.14. The van der Waals surface area contributed by atoms with Crippen LogP contribution in [-0.2, 0) is 12.6 Å². The van der Waals surface area contributed by atoms with E-state index < -0.39 is 11.7 Å². The van der Waals surface area contributed by atoms with E-state index in [9.17, 15) is 18.0 Å². The van der Waals surface area contributed by atoms with E-state index in [1.807, 2.05) is 5.38 Å². The predicted molar refractivity (Wildman–Crippen MR) is 71.5 cm³/mol. The van der Waals surface area contributed by atoms with Crippen LogP contribution < -0.4 is 0 Å². The van der Waals surface area contributed by atoms with Gasteiger partial charge in [0.15, 0.2) is 5.78 Å². The van der Waals surface area contributed by atoms with Crippen molar-refractivity contribution in [3.8, 4) is 0 Å². The van der Waals surface area contributed by atoms with Crippen LogP contribution in [0.25, 0.3) is 0 Å². The van der Waals surface area contributed by atoms with Gasteiger partial charge in [-0.3, -0.25) is 4.79 Å². The van der Waals surface area contributed by atoms with E-state index in [-0.39, 0.29) is 17.8 Å². The molecule has 0 atom stereocenters. The van der Waals surface area contributed by atoms with Crippen molar-refractivity contribution in [2.45, 2.75) is 12.6 Å². The molecule has 1 nitrogen and oxygen atoms in total. The van der Waals surface area contributed by atoms with Crippen molar-refractivity contribution in [2.24, 2.45) is 0 Å². The minimum Gasteiger partial charge on any atom is -0.294 e. The topological polar surface area (TPSA) is 17.1 Å². The quantitative estimate of drug-likeness (QED) is 0.717. The van der Waals surface area contributed by atoms with E-state index in [0.29, 0.717) is 0 Å². The van der Waals surface area contributed by atoms with Gasteiger partial charge in [-0.25, -0.2) is 0 Å². The van der Waals surface area contributed by atoms with Crippen LogP contribution in [0.3, 0.4) is 0 Å². The molecule has 2 rings (SSSR count). The zero-order valence-corrected chi connectivity index (χ0v) is 11.9. The predicted octanol–water partition coefficient (Wildman–Crippen LogP) is 4.95. The van der Waals surface area contributed by atoms with Crippen LogP contribution >= 0.6 is 27.3 Å². The Kier molecular flexibility index (Phi) is 4.10. The summed E-state index contributed by atoms with van der Waals surface area (Å²) in [6.45, 7) is 0. The Morgan fingerprint density at radius 1 is 1.26 bits per heavy atom. The van der Waals surface area contributed by atoms with Crippen LogP contribution in [0, 0.1) is 0 Å². The molecule has 0 N–H and O–H groups in total. The van der Waals surface area contributed by atoms with Crippen molar-refractivity contribution in [1.29, 1.82) is 0 Å². The summed E-state index contributed by atoms with van der Waals surface area (Å²) in [7, 11) is 0. The number of ketones is 1. The lowest BCUT2D eigenvalue weighted by atomic mass is 10.0. The minimum absolute atomic E-state index is 0.0827. The van der Waals surface area contributed by atoms with E-state index in [1.54, 1.807) is 6.07 Å². The fourth-order valence-corrected chi connectivity index (χ4v) is 3.03. The first-order chi connectivity index (χ1) is 8.86. The molecule has 1 aromatic heterocycles. The molecule has 2 aromatic rings. The van der Waals surface area contributed by atoms with Crippen LogP contribution in [0.4, 0.5) is 13.2 Å². The number of hydrogen-bond donors (Lipinski definition) is 0. The molecule has 0 aliphatic heterocycles. The number of carbonyl (C=O) groups is 1. The fraction of sp³-hybridized carbons (Fsp3) is 0.154. The van der Waals surface area contributed by atoms with Crippen molar-refractivity contribution in [1.82, 2.24) is 0 Å². The molecule has 0 fully saturated rings. The second-order valence-corrected chi connectivity index (χ2v) is 5.82. The number of halogens is 4. The largest absolute Gasteiger partial charge is 0.416 e. The summed E-state index contributed by atoms with van der Waals surface area (Å²) in [5.41, 5.74) is -0.718.